The zero-order valence-electron chi connectivity index (χ0n) is 12.8. The molecule has 1 aromatic rings. The maximum Gasteiger partial charge on any atom is 0.333 e. The van der Waals surface area contributed by atoms with Crippen molar-refractivity contribution in [2.45, 2.75) is 59.4 Å². The number of aryl methyl sites for hydroxylation is 1. The molecule has 6 heteroatoms. The highest BCUT2D eigenvalue weighted by molar-refractivity contribution is 5.59. The highest BCUT2D eigenvalue weighted by Gasteiger charge is 2.31. The van der Waals surface area contributed by atoms with E-state index in [1.54, 1.807) is 11.6 Å². The normalized spacial score (nSPS) is 17.6. The van der Waals surface area contributed by atoms with E-state index >= 15 is 0 Å². The van der Waals surface area contributed by atoms with Crippen LogP contribution in [-0.4, -0.2) is 21.2 Å². The molecule has 0 unspecified atom stereocenters. The molecule has 0 bridgehead atoms. The van der Waals surface area contributed by atoms with Crippen LogP contribution in [0, 0.1) is 22.5 Å². The minimum Gasteiger partial charge on any atom is -0.364 e. The Bertz CT molecular complexity index is 502. The van der Waals surface area contributed by atoms with Crippen molar-refractivity contribution in [3.8, 4) is 0 Å². The molecule has 0 aromatic carbocycles. The number of aromatic nitrogens is 2. The maximum absolute atomic E-state index is 11.3. The van der Waals surface area contributed by atoms with E-state index in [0.717, 1.165) is 6.54 Å². The largest absolute Gasteiger partial charge is 0.364 e. The van der Waals surface area contributed by atoms with Crippen LogP contribution in [0.2, 0.25) is 0 Å². The summed E-state index contributed by atoms with van der Waals surface area (Å²) in [5.74, 6) is 0.552. The lowest BCUT2D eigenvalue weighted by Gasteiger charge is -2.24. The molecular formula is C14H24N4O2. The van der Waals surface area contributed by atoms with Crippen molar-refractivity contribution in [1.29, 1.82) is 0 Å². The van der Waals surface area contributed by atoms with Gasteiger partial charge in [0.05, 0.1) is 4.92 Å². The van der Waals surface area contributed by atoms with Gasteiger partial charge in [0, 0.05) is 12.6 Å². The molecule has 1 aliphatic carbocycles. The Kier molecular flexibility index (Phi) is 4.01. The third-order valence-electron chi connectivity index (χ3n) is 4.22. The zero-order valence-corrected chi connectivity index (χ0v) is 12.8. The summed E-state index contributed by atoms with van der Waals surface area (Å²) in [6.07, 6.45) is 4.87. The molecule has 0 amide bonds. The first-order chi connectivity index (χ1) is 9.34. The van der Waals surface area contributed by atoms with E-state index < -0.39 is 0 Å². The van der Waals surface area contributed by atoms with Crippen LogP contribution < -0.4 is 5.32 Å². The van der Waals surface area contributed by atoms with Crippen LogP contribution in [0.5, 0.6) is 0 Å². The van der Waals surface area contributed by atoms with Crippen LogP contribution in [-0.2, 0) is 0 Å². The Hall–Kier alpha value is -1.59. The first-order valence-corrected chi connectivity index (χ1v) is 7.31. The molecule has 1 aromatic heterocycles. The fraction of sp³-hybridized carbons (Fsp3) is 0.786. The van der Waals surface area contributed by atoms with Gasteiger partial charge in [-0.1, -0.05) is 19.8 Å². The van der Waals surface area contributed by atoms with Gasteiger partial charge in [-0.3, -0.25) is 10.1 Å². The number of rotatable bonds is 5. The Morgan fingerprint density at radius 1 is 1.45 bits per heavy atom. The van der Waals surface area contributed by atoms with Crippen LogP contribution in [0.4, 0.5) is 11.5 Å². The lowest BCUT2D eigenvalue weighted by atomic mass is 9.89. The second-order valence-electron chi connectivity index (χ2n) is 6.45. The van der Waals surface area contributed by atoms with E-state index in [0.29, 0.717) is 11.5 Å². The van der Waals surface area contributed by atoms with Crippen molar-refractivity contribution in [2.75, 3.05) is 11.9 Å². The monoisotopic (exact) mass is 280 g/mol. The Morgan fingerprint density at radius 2 is 2.05 bits per heavy atom. The Labute approximate surface area is 119 Å². The first-order valence-electron chi connectivity index (χ1n) is 7.31. The maximum atomic E-state index is 11.3. The van der Waals surface area contributed by atoms with Gasteiger partial charge >= 0.3 is 5.69 Å². The molecule has 20 heavy (non-hydrogen) atoms. The number of hydrogen-bond donors (Lipinski definition) is 1. The van der Waals surface area contributed by atoms with Crippen molar-refractivity contribution in [1.82, 2.24) is 9.78 Å². The summed E-state index contributed by atoms with van der Waals surface area (Å²) >= 11 is 0. The summed E-state index contributed by atoms with van der Waals surface area (Å²) in [4.78, 5) is 10.9. The van der Waals surface area contributed by atoms with Gasteiger partial charge in [-0.25, -0.2) is 4.68 Å². The molecule has 0 saturated heterocycles. The van der Waals surface area contributed by atoms with Gasteiger partial charge < -0.3 is 5.32 Å². The third kappa shape index (κ3) is 2.78. The van der Waals surface area contributed by atoms with Gasteiger partial charge in [0.2, 0.25) is 5.82 Å². The molecule has 1 N–H and O–H groups in total. The topological polar surface area (TPSA) is 73.0 Å². The van der Waals surface area contributed by atoms with Crippen molar-refractivity contribution in [2.24, 2.45) is 5.41 Å². The number of anilines is 1. The SMILES string of the molecule is Cc1nn(C(C)C)c(NCC2(C)CCCC2)c1[N+](=O)[O-]. The molecule has 1 heterocycles. The molecule has 0 aliphatic heterocycles. The first kappa shape index (κ1) is 14.8. The van der Waals surface area contributed by atoms with Gasteiger partial charge in [0.15, 0.2) is 0 Å². The number of nitrogens with zero attached hydrogens (tertiary/aromatic N) is 3. The van der Waals surface area contributed by atoms with Crippen molar-refractivity contribution >= 4 is 11.5 Å². The van der Waals surface area contributed by atoms with Gasteiger partial charge in [-0.15, -0.1) is 0 Å². The van der Waals surface area contributed by atoms with Crippen LogP contribution >= 0.6 is 0 Å². The highest BCUT2D eigenvalue weighted by Crippen LogP contribution is 2.39. The van der Waals surface area contributed by atoms with Crippen LogP contribution in [0.25, 0.3) is 0 Å². The predicted molar refractivity (Wildman–Crippen MR) is 79.1 cm³/mol. The second kappa shape index (κ2) is 5.42. The van der Waals surface area contributed by atoms with E-state index in [2.05, 4.69) is 17.3 Å². The Morgan fingerprint density at radius 3 is 2.55 bits per heavy atom. The van der Waals surface area contributed by atoms with E-state index in [-0.39, 0.29) is 22.1 Å². The third-order valence-corrected chi connectivity index (χ3v) is 4.22. The van der Waals surface area contributed by atoms with Crippen LogP contribution in [0.1, 0.15) is 58.2 Å². The highest BCUT2D eigenvalue weighted by atomic mass is 16.6. The van der Waals surface area contributed by atoms with E-state index in [4.69, 9.17) is 0 Å². The molecule has 0 spiro atoms. The number of nitro groups is 1. The zero-order chi connectivity index (χ0) is 14.9. The van der Waals surface area contributed by atoms with Crippen LogP contribution in [0.15, 0.2) is 0 Å². The smallest absolute Gasteiger partial charge is 0.333 e. The second-order valence-corrected chi connectivity index (χ2v) is 6.45. The summed E-state index contributed by atoms with van der Waals surface area (Å²) in [5.41, 5.74) is 0.830. The average Bonchev–Trinajstić information content (AvgIpc) is 2.91. The Balaban J connectivity index is 2.26. The summed E-state index contributed by atoms with van der Waals surface area (Å²) < 4.78 is 1.73. The summed E-state index contributed by atoms with van der Waals surface area (Å²) in [6.45, 7) is 8.68. The van der Waals surface area contributed by atoms with Gasteiger partial charge in [-0.05, 0) is 39.0 Å². The molecule has 0 atom stereocenters. The van der Waals surface area contributed by atoms with Gasteiger partial charge in [-0.2, -0.15) is 5.10 Å². The fourth-order valence-electron chi connectivity index (χ4n) is 3.00. The molecule has 1 aliphatic rings. The number of nitrogens with one attached hydrogen (secondary N) is 1. The fourth-order valence-corrected chi connectivity index (χ4v) is 3.00. The van der Waals surface area contributed by atoms with E-state index in [9.17, 15) is 10.1 Å². The lowest BCUT2D eigenvalue weighted by Crippen LogP contribution is -2.24. The minimum atomic E-state index is -0.333. The summed E-state index contributed by atoms with van der Waals surface area (Å²) in [6, 6.07) is 0.0984. The van der Waals surface area contributed by atoms with Gasteiger partial charge in [0.25, 0.3) is 0 Å². The van der Waals surface area contributed by atoms with E-state index in [1.165, 1.54) is 25.7 Å². The molecule has 0 radical (unpaired) electrons. The van der Waals surface area contributed by atoms with Crippen molar-refractivity contribution in [3.63, 3.8) is 0 Å². The lowest BCUT2D eigenvalue weighted by molar-refractivity contribution is -0.384. The summed E-state index contributed by atoms with van der Waals surface area (Å²) in [5, 5.41) is 18.9. The molecule has 1 fully saturated rings. The standard InChI is InChI=1S/C14H24N4O2/c1-10(2)17-13(12(18(19)20)11(3)16-17)15-9-14(4)7-5-6-8-14/h10,15H,5-9H2,1-4H3. The average molecular weight is 280 g/mol. The number of hydrogen-bond acceptors (Lipinski definition) is 4. The molecular weight excluding hydrogens is 256 g/mol. The van der Waals surface area contributed by atoms with Crippen molar-refractivity contribution in [3.05, 3.63) is 15.8 Å². The molecule has 6 nitrogen and oxygen atoms in total. The minimum absolute atomic E-state index is 0.0984. The van der Waals surface area contributed by atoms with E-state index in [1.807, 2.05) is 13.8 Å². The molecule has 112 valence electrons. The predicted octanol–water partition coefficient (Wildman–Crippen LogP) is 3.67. The van der Waals surface area contributed by atoms with Gasteiger partial charge in [0.1, 0.15) is 5.69 Å². The summed E-state index contributed by atoms with van der Waals surface area (Å²) in [7, 11) is 0. The quantitative estimate of drug-likeness (QED) is 0.659. The van der Waals surface area contributed by atoms with Crippen LogP contribution in [0.3, 0.4) is 0 Å². The van der Waals surface area contributed by atoms with Crippen molar-refractivity contribution < 1.29 is 4.92 Å². The molecule has 2 rings (SSSR count). The molecule has 1 saturated carbocycles.